The molecule has 1 heteroatoms. The third-order valence-corrected chi connectivity index (χ3v) is 7.00. The maximum atomic E-state index is 2.33. The Hall–Kier alpha value is -0.430. The molecule has 0 saturated carbocycles. The van der Waals surface area contributed by atoms with Gasteiger partial charge in [-0.05, 0) is 64.2 Å². The Morgan fingerprint density at radius 2 is 1.00 bits per heavy atom. The van der Waals surface area contributed by atoms with Crippen LogP contribution in [0.25, 0.3) is 0 Å². The summed E-state index contributed by atoms with van der Waals surface area (Å²) >= 11 is 0. The fourth-order valence-corrected chi connectivity index (χ4v) is 5.65. The smallest absolute Gasteiger partial charge is 0.0444 e. The molecule has 2 rings (SSSR count). The van der Waals surface area contributed by atoms with Gasteiger partial charge < -0.3 is 0 Å². The van der Waals surface area contributed by atoms with Gasteiger partial charge in [0.25, 0.3) is 0 Å². The van der Waals surface area contributed by atoms with E-state index in [0.717, 1.165) is 0 Å². The van der Waals surface area contributed by atoms with Crippen molar-refractivity contribution in [1.29, 1.82) is 0 Å². The monoisotopic (exact) mass is 235 g/mol. The minimum Gasteiger partial charge on any atom is -0.0444 e. The molecular formula is C15H23S+. The summed E-state index contributed by atoms with van der Waals surface area (Å²) in [7, 11) is 0.557. The van der Waals surface area contributed by atoms with Crippen LogP contribution in [-0.4, -0.2) is 11.5 Å². The summed E-state index contributed by atoms with van der Waals surface area (Å²) < 4.78 is 0. The van der Waals surface area contributed by atoms with E-state index < -0.39 is 0 Å². The molecule has 88 valence electrons. The van der Waals surface area contributed by atoms with E-state index in [0.29, 0.717) is 10.9 Å². The van der Waals surface area contributed by atoms with Gasteiger partial charge in [-0.3, -0.25) is 0 Å². The van der Waals surface area contributed by atoms with Crippen LogP contribution in [0.3, 0.4) is 0 Å². The molecule has 1 aliphatic heterocycles. The molecule has 1 aromatic rings. The third-order valence-electron chi connectivity index (χ3n) is 4.25. The predicted molar refractivity (Wildman–Crippen MR) is 74.7 cm³/mol. The first-order valence-corrected chi connectivity index (χ1v) is 7.84. The van der Waals surface area contributed by atoms with Crippen molar-refractivity contribution in [1.82, 2.24) is 0 Å². The van der Waals surface area contributed by atoms with Crippen molar-refractivity contribution in [2.75, 3.05) is 11.5 Å². The zero-order valence-corrected chi connectivity index (χ0v) is 12.1. The Morgan fingerprint density at radius 3 is 1.44 bits per heavy atom. The van der Waals surface area contributed by atoms with E-state index in [2.05, 4.69) is 34.6 Å². The number of benzene rings is 1. The molecule has 1 fully saturated rings. The van der Waals surface area contributed by atoms with Gasteiger partial charge in [-0.1, -0.05) is 0 Å². The Kier molecular flexibility index (Phi) is 3.34. The van der Waals surface area contributed by atoms with Gasteiger partial charge in [0.1, 0.15) is 11.5 Å². The predicted octanol–water partition coefficient (Wildman–Crippen LogP) is 4.00. The summed E-state index contributed by atoms with van der Waals surface area (Å²) in [6, 6.07) is 0. The van der Waals surface area contributed by atoms with Crippen molar-refractivity contribution in [3.63, 3.8) is 0 Å². The summed E-state index contributed by atoms with van der Waals surface area (Å²) in [6.45, 7) is 11.5. The normalized spacial score (nSPS) is 17.1. The van der Waals surface area contributed by atoms with Crippen LogP contribution in [0, 0.1) is 34.6 Å². The molecule has 0 spiro atoms. The highest BCUT2D eigenvalue weighted by Crippen LogP contribution is 2.34. The molecule has 0 radical (unpaired) electrons. The standard InChI is InChI=1S/C15H23S/c1-10-11(2)13(4)15(14(5)12(10)3)16-8-6-7-9-16/h6-9H2,1-5H3/q+1. The van der Waals surface area contributed by atoms with E-state index in [1.807, 2.05) is 0 Å². The SMILES string of the molecule is Cc1c(C)c(C)c([S+]2CCCC2)c(C)c1C. The van der Waals surface area contributed by atoms with Crippen molar-refractivity contribution in [3.8, 4) is 0 Å². The molecule has 16 heavy (non-hydrogen) atoms. The van der Waals surface area contributed by atoms with Crippen molar-refractivity contribution < 1.29 is 0 Å². The van der Waals surface area contributed by atoms with Gasteiger partial charge in [0, 0.05) is 22.0 Å². The van der Waals surface area contributed by atoms with E-state index >= 15 is 0 Å². The lowest BCUT2D eigenvalue weighted by molar-refractivity contribution is 0.949. The van der Waals surface area contributed by atoms with Gasteiger partial charge in [-0.25, -0.2) is 0 Å². The van der Waals surface area contributed by atoms with Crippen LogP contribution >= 0.6 is 0 Å². The molecule has 1 heterocycles. The van der Waals surface area contributed by atoms with Crippen molar-refractivity contribution >= 4 is 10.9 Å². The molecule has 0 N–H and O–H groups in total. The van der Waals surface area contributed by atoms with Crippen molar-refractivity contribution in [2.45, 2.75) is 52.4 Å². The fourth-order valence-electron chi connectivity index (χ4n) is 2.76. The molecule has 0 nitrogen and oxygen atoms in total. The van der Waals surface area contributed by atoms with Crippen LogP contribution in [-0.2, 0) is 10.9 Å². The first-order chi connectivity index (χ1) is 7.54. The average Bonchev–Trinajstić information content (AvgIpc) is 2.77. The lowest BCUT2D eigenvalue weighted by Crippen LogP contribution is -2.11. The molecular weight excluding hydrogens is 212 g/mol. The fraction of sp³-hybridized carbons (Fsp3) is 0.600. The molecule has 0 aliphatic carbocycles. The number of rotatable bonds is 1. The Bertz CT molecular complexity index is 383. The maximum Gasteiger partial charge on any atom is 0.161 e. The van der Waals surface area contributed by atoms with Gasteiger partial charge in [0.05, 0.1) is 0 Å². The maximum absolute atomic E-state index is 2.33. The zero-order valence-electron chi connectivity index (χ0n) is 11.2. The van der Waals surface area contributed by atoms with E-state index in [-0.39, 0.29) is 0 Å². The summed E-state index contributed by atoms with van der Waals surface area (Å²) in [4.78, 5) is 1.71. The van der Waals surface area contributed by atoms with Gasteiger partial charge in [-0.2, -0.15) is 0 Å². The minimum atomic E-state index is 0.557. The van der Waals surface area contributed by atoms with E-state index in [9.17, 15) is 0 Å². The van der Waals surface area contributed by atoms with Crippen LogP contribution in [0.2, 0.25) is 0 Å². The first kappa shape index (κ1) is 12.0. The highest BCUT2D eigenvalue weighted by Gasteiger charge is 2.31. The lowest BCUT2D eigenvalue weighted by Gasteiger charge is -2.16. The van der Waals surface area contributed by atoms with Crippen LogP contribution in [0.5, 0.6) is 0 Å². The summed E-state index contributed by atoms with van der Waals surface area (Å²) in [5, 5.41) is 0. The Morgan fingerprint density at radius 1 is 0.625 bits per heavy atom. The second kappa shape index (κ2) is 4.44. The van der Waals surface area contributed by atoms with Crippen molar-refractivity contribution in [3.05, 3.63) is 27.8 Å². The zero-order chi connectivity index (χ0) is 11.9. The van der Waals surface area contributed by atoms with E-state index in [4.69, 9.17) is 0 Å². The topological polar surface area (TPSA) is 0 Å². The van der Waals surface area contributed by atoms with Gasteiger partial charge in [0.2, 0.25) is 0 Å². The molecule has 0 unspecified atom stereocenters. The number of hydrogen-bond donors (Lipinski definition) is 0. The molecule has 1 aliphatic rings. The highest BCUT2D eigenvalue weighted by molar-refractivity contribution is 7.97. The second-order valence-corrected chi connectivity index (χ2v) is 7.27. The average molecular weight is 235 g/mol. The molecule has 0 atom stereocenters. The van der Waals surface area contributed by atoms with E-state index in [1.165, 1.54) is 41.0 Å². The quantitative estimate of drug-likeness (QED) is 0.645. The summed E-state index contributed by atoms with van der Waals surface area (Å²) in [5.74, 6) is 2.87. The molecule has 0 bridgehead atoms. The van der Waals surface area contributed by atoms with Gasteiger partial charge in [0.15, 0.2) is 4.90 Å². The molecule has 1 aromatic carbocycles. The second-order valence-electron chi connectivity index (χ2n) is 5.06. The van der Waals surface area contributed by atoms with Crippen LogP contribution in [0.4, 0.5) is 0 Å². The van der Waals surface area contributed by atoms with Gasteiger partial charge >= 0.3 is 0 Å². The summed E-state index contributed by atoms with van der Waals surface area (Å²) in [5.41, 5.74) is 7.70. The molecule has 0 amide bonds. The molecule has 0 aromatic heterocycles. The largest absolute Gasteiger partial charge is 0.161 e. The summed E-state index contributed by atoms with van der Waals surface area (Å²) in [6.07, 6.45) is 2.88. The van der Waals surface area contributed by atoms with Crippen LogP contribution in [0.1, 0.15) is 40.7 Å². The lowest BCUT2D eigenvalue weighted by atomic mass is 9.95. The Balaban J connectivity index is 2.59. The van der Waals surface area contributed by atoms with Crippen LogP contribution in [0.15, 0.2) is 4.90 Å². The van der Waals surface area contributed by atoms with E-state index in [1.54, 1.807) is 16.0 Å². The Labute approximate surface area is 103 Å². The van der Waals surface area contributed by atoms with Crippen molar-refractivity contribution in [2.24, 2.45) is 0 Å². The third kappa shape index (κ3) is 1.79. The minimum absolute atomic E-state index is 0.557. The first-order valence-electron chi connectivity index (χ1n) is 6.28. The van der Waals surface area contributed by atoms with Crippen LogP contribution < -0.4 is 0 Å². The number of hydrogen-bond acceptors (Lipinski definition) is 0. The molecule has 1 saturated heterocycles. The highest BCUT2D eigenvalue weighted by atomic mass is 32.2. The van der Waals surface area contributed by atoms with Gasteiger partial charge in [-0.15, -0.1) is 0 Å².